The number of anilines is 1. The van der Waals surface area contributed by atoms with Crippen molar-refractivity contribution in [3.05, 3.63) is 39.4 Å². The maximum atomic E-state index is 12.8. The maximum Gasteiger partial charge on any atom is 0.416 e. The van der Waals surface area contributed by atoms with Crippen LogP contribution in [0.5, 0.6) is 0 Å². The van der Waals surface area contributed by atoms with Gasteiger partial charge < -0.3 is 5.32 Å². The van der Waals surface area contributed by atoms with Gasteiger partial charge in [-0.3, -0.25) is 15.1 Å². The molecule has 0 unspecified atom stereocenters. The number of nitrogens with one attached hydrogen (secondary N) is 1. The van der Waals surface area contributed by atoms with Gasteiger partial charge >= 0.3 is 12.4 Å². The van der Waals surface area contributed by atoms with E-state index in [1.807, 2.05) is 0 Å². The van der Waals surface area contributed by atoms with Crippen molar-refractivity contribution in [3.63, 3.8) is 0 Å². The molecule has 0 saturated heterocycles. The molecule has 1 aliphatic rings. The second-order valence-corrected chi connectivity index (χ2v) is 5.97. The van der Waals surface area contributed by atoms with Crippen LogP contribution in [0.2, 0.25) is 0 Å². The molecule has 0 heterocycles. The number of hydrogen-bond acceptors (Lipinski definition) is 3. The number of halogens is 6. The number of aliphatic imine (C=N–C) groups is 1. The third kappa shape index (κ3) is 6.19. The molecule has 2 rings (SSSR count). The highest BCUT2D eigenvalue weighted by Crippen LogP contribution is 2.37. The van der Waals surface area contributed by atoms with E-state index in [1.165, 1.54) is 0 Å². The van der Waals surface area contributed by atoms with Gasteiger partial charge in [0.25, 0.3) is 6.54 Å². The molecule has 144 valence electrons. The molecule has 0 amide bonds. The third-order valence-corrected chi connectivity index (χ3v) is 3.69. The van der Waals surface area contributed by atoms with Crippen molar-refractivity contribution in [1.82, 2.24) is 0 Å². The lowest BCUT2D eigenvalue weighted by Crippen LogP contribution is -2.23. The van der Waals surface area contributed by atoms with Gasteiger partial charge in [-0.15, -0.1) is 0 Å². The van der Waals surface area contributed by atoms with E-state index in [-0.39, 0.29) is 18.4 Å². The molecular formula is C15H15F6N3O2. The van der Waals surface area contributed by atoms with Crippen LogP contribution < -0.4 is 5.32 Å². The standard InChI is InChI=1S/C15H15F6N3O2/c16-14(17,18)10-5-11(15(19,20)21)7-12(6-10)23-13(8-24(25)26)22-4-3-9-1-2-9/h5-7,9H,1-4,8H2,(H,22,23). The Labute approximate surface area is 144 Å². The molecule has 0 aromatic heterocycles. The number of nitrogens with zero attached hydrogens (tertiary/aromatic N) is 2. The SMILES string of the molecule is O=[N+]([O-])CC(=NCCC1CC1)Nc1cc(C(F)(F)F)cc(C(F)(F)F)c1. The quantitative estimate of drug-likeness (QED) is 0.256. The van der Waals surface area contributed by atoms with E-state index in [4.69, 9.17) is 0 Å². The predicted molar refractivity (Wildman–Crippen MR) is 81.6 cm³/mol. The first-order chi connectivity index (χ1) is 11.9. The second kappa shape index (κ2) is 7.50. The minimum atomic E-state index is -5.00. The summed E-state index contributed by atoms with van der Waals surface area (Å²) in [6, 6.07) is 0.916. The van der Waals surface area contributed by atoms with Crippen LogP contribution in [0.1, 0.15) is 30.4 Å². The molecule has 0 spiro atoms. The van der Waals surface area contributed by atoms with Gasteiger partial charge in [0.15, 0.2) is 5.84 Å². The first kappa shape index (κ1) is 20.0. The van der Waals surface area contributed by atoms with Gasteiger partial charge in [0.1, 0.15) is 0 Å². The Morgan fingerprint density at radius 2 is 1.65 bits per heavy atom. The number of amidine groups is 1. The zero-order chi connectivity index (χ0) is 19.5. The zero-order valence-corrected chi connectivity index (χ0v) is 13.3. The van der Waals surface area contributed by atoms with Crippen molar-refractivity contribution < 1.29 is 31.3 Å². The molecule has 11 heteroatoms. The topological polar surface area (TPSA) is 67.5 Å². The lowest BCUT2D eigenvalue weighted by atomic mass is 10.1. The molecule has 0 atom stereocenters. The van der Waals surface area contributed by atoms with Crippen molar-refractivity contribution >= 4 is 11.5 Å². The van der Waals surface area contributed by atoms with Crippen LogP contribution >= 0.6 is 0 Å². The highest BCUT2D eigenvalue weighted by Gasteiger charge is 2.37. The normalized spacial score (nSPS) is 15.8. The monoisotopic (exact) mass is 383 g/mol. The highest BCUT2D eigenvalue weighted by atomic mass is 19.4. The van der Waals surface area contributed by atoms with Gasteiger partial charge in [-0.05, 0) is 30.5 Å². The minimum absolute atomic E-state index is 0.0113. The Kier molecular flexibility index (Phi) is 5.77. The van der Waals surface area contributed by atoms with E-state index in [1.54, 1.807) is 0 Å². The van der Waals surface area contributed by atoms with Gasteiger partial charge in [0, 0.05) is 17.2 Å². The molecule has 1 aromatic carbocycles. The van der Waals surface area contributed by atoms with Crippen molar-refractivity contribution in [2.24, 2.45) is 10.9 Å². The first-order valence-electron chi connectivity index (χ1n) is 7.67. The molecule has 1 aromatic rings. The molecule has 5 nitrogen and oxygen atoms in total. The molecule has 0 aliphatic heterocycles. The fraction of sp³-hybridized carbons (Fsp3) is 0.533. The Balaban J connectivity index is 2.28. The number of nitro groups is 1. The minimum Gasteiger partial charge on any atom is -0.338 e. The van der Waals surface area contributed by atoms with Crippen LogP contribution in [-0.2, 0) is 12.4 Å². The second-order valence-electron chi connectivity index (χ2n) is 5.97. The Hall–Kier alpha value is -2.33. The summed E-state index contributed by atoms with van der Waals surface area (Å²) in [5.41, 5.74) is -3.57. The van der Waals surface area contributed by atoms with Gasteiger partial charge in [0.05, 0.1) is 11.1 Å². The summed E-state index contributed by atoms with van der Waals surface area (Å²) in [5, 5.41) is 12.9. The fourth-order valence-corrected chi connectivity index (χ4v) is 2.23. The molecule has 0 radical (unpaired) electrons. The van der Waals surface area contributed by atoms with Gasteiger partial charge in [-0.25, -0.2) is 0 Å². The molecular weight excluding hydrogens is 368 g/mol. The van der Waals surface area contributed by atoms with Crippen LogP contribution in [0.3, 0.4) is 0 Å². The summed E-state index contributed by atoms with van der Waals surface area (Å²) in [4.78, 5) is 13.8. The number of hydrogen-bond donors (Lipinski definition) is 1. The maximum absolute atomic E-state index is 12.8. The molecule has 1 fully saturated rings. The summed E-state index contributed by atoms with van der Waals surface area (Å²) in [6.07, 6.45) is -7.28. The highest BCUT2D eigenvalue weighted by molar-refractivity contribution is 5.96. The molecule has 1 saturated carbocycles. The summed E-state index contributed by atoms with van der Waals surface area (Å²) in [7, 11) is 0. The predicted octanol–water partition coefficient (Wildman–Crippen LogP) is 4.61. The lowest BCUT2D eigenvalue weighted by molar-refractivity contribution is -0.463. The summed E-state index contributed by atoms with van der Waals surface area (Å²) in [6.45, 7) is -0.617. The lowest BCUT2D eigenvalue weighted by Gasteiger charge is -2.15. The van der Waals surface area contributed by atoms with Crippen LogP contribution in [-0.4, -0.2) is 23.8 Å². The average molecular weight is 383 g/mol. The molecule has 0 bridgehead atoms. The van der Waals surface area contributed by atoms with Gasteiger partial charge in [-0.2, -0.15) is 26.3 Å². The zero-order valence-electron chi connectivity index (χ0n) is 13.3. The number of rotatable bonds is 6. The van der Waals surface area contributed by atoms with Crippen LogP contribution in [0.25, 0.3) is 0 Å². The summed E-state index contributed by atoms with van der Waals surface area (Å²) < 4.78 is 77.1. The van der Waals surface area contributed by atoms with E-state index >= 15 is 0 Å². The van der Waals surface area contributed by atoms with E-state index in [9.17, 15) is 36.5 Å². The van der Waals surface area contributed by atoms with Crippen molar-refractivity contribution in [3.8, 4) is 0 Å². The number of alkyl halides is 6. The molecule has 1 aliphatic carbocycles. The van der Waals surface area contributed by atoms with E-state index in [0.717, 1.165) is 12.8 Å². The van der Waals surface area contributed by atoms with Crippen molar-refractivity contribution in [2.75, 3.05) is 18.4 Å². The Morgan fingerprint density at radius 1 is 1.12 bits per heavy atom. The summed E-state index contributed by atoms with van der Waals surface area (Å²) >= 11 is 0. The van der Waals surface area contributed by atoms with Gasteiger partial charge in [0.2, 0.25) is 0 Å². The summed E-state index contributed by atoms with van der Waals surface area (Å²) in [5.74, 6) is 0.184. The fourth-order valence-electron chi connectivity index (χ4n) is 2.23. The molecule has 1 N–H and O–H groups in total. The van der Waals surface area contributed by atoms with E-state index in [2.05, 4.69) is 10.3 Å². The largest absolute Gasteiger partial charge is 0.416 e. The van der Waals surface area contributed by atoms with Crippen LogP contribution in [0.15, 0.2) is 23.2 Å². The Bertz CT molecular complexity index is 663. The van der Waals surface area contributed by atoms with Crippen molar-refractivity contribution in [1.29, 1.82) is 0 Å². The van der Waals surface area contributed by atoms with E-state index in [0.29, 0.717) is 24.5 Å². The average Bonchev–Trinajstić information content (AvgIpc) is 3.28. The molecule has 26 heavy (non-hydrogen) atoms. The van der Waals surface area contributed by atoms with Gasteiger partial charge in [-0.1, -0.05) is 12.8 Å². The smallest absolute Gasteiger partial charge is 0.338 e. The van der Waals surface area contributed by atoms with Crippen molar-refractivity contribution in [2.45, 2.75) is 31.6 Å². The third-order valence-electron chi connectivity index (χ3n) is 3.69. The number of benzene rings is 1. The van der Waals surface area contributed by atoms with Crippen LogP contribution in [0, 0.1) is 16.0 Å². The van der Waals surface area contributed by atoms with E-state index < -0.39 is 40.6 Å². The van der Waals surface area contributed by atoms with Crippen LogP contribution in [0.4, 0.5) is 32.0 Å². The first-order valence-corrected chi connectivity index (χ1v) is 7.67. The Morgan fingerprint density at radius 3 is 2.08 bits per heavy atom.